The summed E-state index contributed by atoms with van der Waals surface area (Å²) in [5.41, 5.74) is 1.15. The van der Waals surface area contributed by atoms with E-state index in [0.717, 1.165) is 5.56 Å². The Morgan fingerprint density at radius 3 is 2.12 bits per heavy atom. The summed E-state index contributed by atoms with van der Waals surface area (Å²) >= 11 is 0. The van der Waals surface area contributed by atoms with Crippen molar-refractivity contribution in [3.8, 4) is 0 Å². The number of hydrogen-bond acceptors (Lipinski definition) is 2. The Morgan fingerprint density at radius 2 is 1.65 bits per heavy atom. The Kier molecular flexibility index (Phi) is 2.76. The summed E-state index contributed by atoms with van der Waals surface area (Å²) in [6.45, 7) is 8.88. The van der Waals surface area contributed by atoms with Crippen LogP contribution in [0, 0.1) is 16.7 Å². The highest BCUT2D eigenvalue weighted by Crippen LogP contribution is 2.68. The van der Waals surface area contributed by atoms with E-state index in [0.29, 0.717) is 6.61 Å². The molecule has 0 radical (unpaired) electrons. The Balaban J connectivity index is 1.92. The first kappa shape index (κ1) is 12.2. The third kappa shape index (κ3) is 1.97. The first-order valence-corrected chi connectivity index (χ1v) is 6.08. The summed E-state index contributed by atoms with van der Waals surface area (Å²) in [5, 5.41) is 0. The molecule has 1 saturated carbocycles. The fraction of sp³-hybridized carbons (Fsp3) is 0.533. The van der Waals surface area contributed by atoms with E-state index in [-0.39, 0.29) is 22.7 Å². The molecule has 1 aliphatic rings. The van der Waals surface area contributed by atoms with Gasteiger partial charge in [0, 0.05) is 0 Å². The molecule has 0 bridgehead atoms. The minimum Gasteiger partial charge on any atom is -0.461 e. The number of benzene rings is 1. The van der Waals surface area contributed by atoms with Crippen molar-refractivity contribution in [2.75, 3.05) is 0 Å². The molecule has 0 aromatic heterocycles. The fourth-order valence-electron chi connectivity index (χ4n) is 2.60. The highest BCUT2D eigenvalue weighted by molar-refractivity contribution is 5.78. The van der Waals surface area contributed by atoms with Gasteiger partial charge in [-0.3, -0.25) is 4.79 Å². The fourth-order valence-corrected chi connectivity index (χ4v) is 2.60. The first-order chi connectivity index (χ1) is 7.87. The number of ether oxygens (including phenoxy) is 1. The molecule has 2 nitrogen and oxygen atoms in total. The second-order valence-electron chi connectivity index (χ2n) is 5.97. The summed E-state index contributed by atoms with van der Waals surface area (Å²) in [6, 6.07) is 9.80. The lowest BCUT2D eigenvalue weighted by atomic mass is 10.0. The largest absolute Gasteiger partial charge is 0.461 e. The number of rotatable bonds is 3. The van der Waals surface area contributed by atoms with E-state index in [2.05, 4.69) is 27.7 Å². The average Bonchev–Trinajstić information content (AvgIpc) is 2.68. The van der Waals surface area contributed by atoms with Crippen LogP contribution < -0.4 is 0 Å². The highest BCUT2D eigenvalue weighted by Gasteiger charge is 2.69. The molecule has 0 unspecified atom stereocenters. The monoisotopic (exact) mass is 232 g/mol. The molecule has 1 aromatic rings. The van der Waals surface area contributed by atoms with E-state index in [1.54, 1.807) is 0 Å². The van der Waals surface area contributed by atoms with Gasteiger partial charge in [0.15, 0.2) is 0 Å². The van der Waals surface area contributed by atoms with Gasteiger partial charge in [-0.2, -0.15) is 0 Å². The van der Waals surface area contributed by atoms with Crippen LogP contribution in [0.4, 0.5) is 0 Å². The molecule has 92 valence electrons. The van der Waals surface area contributed by atoms with Gasteiger partial charge in [-0.05, 0) is 16.4 Å². The van der Waals surface area contributed by atoms with Gasteiger partial charge in [-0.15, -0.1) is 0 Å². The van der Waals surface area contributed by atoms with Crippen molar-refractivity contribution >= 4 is 5.97 Å². The zero-order chi connectivity index (χ0) is 12.7. The maximum Gasteiger partial charge on any atom is 0.310 e. The maximum absolute atomic E-state index is 12.0. The molecule has 0 amide bonds. The third-order valence-electron chi connectivity index (χ3n) is 4.48. The van der Waals surface area contributed by atoms with E-state index in [4.69, 9.17) is 4.74 Å². The van der Waals surface area contributed by atoms with Crippen molar-refractivity contribution in [1.29, 1.82) is 0 Å². The van der Waals surface area contributed by atoms with Crippen molar-refractivity contribution in [1.82, 2.24) is 0 Å². The van der Waals surface area contributed by atoms with Crippen LogP contribution in [-0.2, 0) is 16.1 Å². The molecule has 1 fully saturated rings. The average molecular weight is 232 g/mol. The van der Waals surface area contributed by atoms with Crippen LogP contribution in [0.25, 0.3) is 0 Å². The molecule has 2 heteroatoms. The van der Waals surface area contributed by atoms with E-state index < -0.39 is 0 Å². The molecule has 0 N–H and O–H groups in total. The van der Waals surface area contributed by atoms with E-state index in [9.17, 15) is 4.79 Å². The van der Waals surface area contributed by atoms with Crippen LogP contribution in [0.5, 0.6) is 0 Å². The zero-order valence-corrected chi connectivity index (χ0v) is 11.0. The summed E-state index contributed by atoms with van der Waals surface area (Å²) in [5.74, 6) is -0.0393. The second kappa shape index (κ2) is 3.86. The summed E-state index contributed by atoms with van der Waals surface area (Å²) in [7, 11) is 0. The van der Waals surface area contributed by atoms with Gasteiger partial charge in [0.25, 0.3) is 0 Å². The van der Waals surface area contributed by atoms with Crippen LogP contribution in [0.3, 0.4) is 0 Å². The van der Waals surface area contributed by atoms with Gasteiger partial charge in [-0.25, -0.2) is 0 Å². The smallest absolute Gasteiger partial charge is 0.310 e. The van der Waals surface area contributed by atoms with Gasteiger partial charge in [0.1, 0.15) is 6.61 Å². The summed E-state index contributed by atoms with van der Waals surface area (Å²) in [6.07, 6.45) is 0. The molecule has 1 aromatic carbocycles. The van der Waals surface area contributed by atoms with Crippen molar-refractivity contribution in [2.45, 2.75) is 34.3 Å². The van der Waals surface area contributed by atoms with Crippen molar-refractivity contribution in [3.05, 3.63) is 35.9 Å². The standard InChI is InChI=1S/C15H20O2/c1-14(2)12(15(14,3)4)13(16)17-10-11-8-6-5-7-9-11/h5-9,12H,10H2,1-4H3. The first-order valence-electron chi connectivity index (χ1n) is 6.08. The Morgan fingerprint density at radius 1 is 1.12 bits per heavy atom. The summed E-state index contributed by atoms with van der Waals surface area (Å²) in [4.78, 5) is 12.0. The molecule has 17 heavy (non-hydrogen) atoms. The SMILES string of the molecule is CC1(C)C(C(=O)OCc2ccccc2)C1(C)C. The Bertz CT molecular complexity index is 404. The minimum atomic E-state index is -0.0659. The minimum absolute atomic E-state index is 0.0266. The quantitative estimate of drug-likeness (QED) is 0.746. The van der Waals surface area contributed by atoms with Gasteiger partial charge in [0.2, 0.25) is 0 Å². The Hall–Kier alpha value is -1.31. The Labute approximate surface area is 103 Å². The van der Waals surface area contributed by atoms with Crippen molar-refractivity contribution < 1.29 is 9.53 Å². The van der Waals surface area contributed by atoms with Crippen molar-refractivity contribution in [2.24, 2.45) is 16.7 Å². The molecular weight excluding hydrogens is 212 g/mol. The normalized spacial score (nSPS) is 20.9. The van der Waals surface area contributed by atoms with Crippen molar-refractivity contribution in [3.63, 3.8) is 0 Å². The molecule has 0 saturated heterocycles. The summed E-state index contributed by atoms with van der Waals surface area (Å²) < 4.78 is 5.38. The maximum atomic E-state index is 12.0. The molecule has 0 aliphatic heterocycles. The molecule has 0 heterocycles. The predicted molar refractivity (Wildman–Crippen MR) is 67.3 cm³/mol. The second-order valence-corrected chi connectivity index (χ2v) is 5.97. The number of esters is 1. The molecule has 0 atom stereocenters. The number of carbonyl (C=O) groups is 1. The predicted octanol–water partition coefficient (Wildman–Crippen LogP) is 3.41. The lowest BCUT2D eigenvalue weighted by molar-refractivity contribution is -0.148. The third-order valence-corrected chi connectivity index (χ3v) is 4.48. The van der Waals surface area contributed by atoms with Gasteiger partial charge in [0.05, 0.1) is 5.92 Å². The molecule has 0 spiro atoms. The molecule has 1 aliphatic carbocycles. The lowest BCUT2D eigenvalue weighted by Gasteiger charge is -2.05. The van der Waals surface area contributed by atoms with Crippen LogP contribution in [0.15, 0.2) is 30.3 Å². The van der Waals surface area contributed by atoms with E-state index in [1.807, 2.05) is 30.3 Å². The van der Waals surface area contributed by atoms with Gasteiger partial charge >= 0.3 is 5.97 Å². The number of hydrogen-bond donors (Lipinski definition) is 0. The van der Waals surface area contributed by atoms with Crippen LogP contribution >= 0.6 is 0 Å². The van der Waals surface area contributed by atoms with E-state index >= 15 is 0 Å². The highest BCUT2D eigenvalue weighted by atomic mass is 16.5. The van der Waals surface area contributed by atoms with Crippen LogP contribution in [-0.4, -0.2) is 5.97 Å². The van der Waals surface area contributed by atoms with E-state index in [1.165, 1.54) is 0 Å². The number of carbonyl (C=O) groups excluding carboxylic acids is 1. The molecular formula is C15H20O2. The van der Waals surface area contributed by atoms with Gasteiger partial charge in [-0.1, -0.05) is 58.0 Å². The topological polar surface area (TPSA) is 26.3 Å². The van der Waals surface area contributed by atoms with Crippen LogP contribution in [0.2, 0.25) is 0 Å². The molecule has 2 rings (SSSR count). The van der Waals surface area contributed by atoms with Gasteiger partial charge < -0.3 is 4.74 Å². The lowest BCUT2D eigenvalue weighted by Crippen LogP contribution is -2.11. The van der Waals surface area contributed by atoms with Crippen LogP contribution in [0.1, 0.15) is 33.3 Å². The zero-order valence-electron chi connectivity index (χ0n) is 11.0.